The zero-order valence-corrected chi connectivity index (χ0v) is 16.4. The fourth-order valence-corrected chi connectivity index (χ4v) is 3.43. The number of hydrogen-bond donors (Lipinski definition) is 1. The fourth-order valence-electron chi connectivity index (χ4n) is 3.43. The largest absolute Gasteiger partial charge is 0.348 e. The Hall–Kier alpha value is -3.66. The maximum absolute atomic E-state index is 13.0. The molecule has 1 heterocycles. The zero-order chi connectivity index (χ0) is 20.1. The highest BCUT2D eigenvalue weighted by Gasteiger charge is 2.11. The van der Waals surface area contributed by atoms with Crippen LogP contribution >= 0.6 is 0 Å². The summed E-state index contributed by atoms with van der Waals surface area (Å²) in [4.78, 5) is 13.0. The summed E-state index contributed by atoms with van der Waals surface area (Å²) in [7, 11) is 0. The minimum Gasteiger partial charge on any atom is -0.348 e. The average molecular weight is 381 g/mol. The maximum Gasteiger partial charge on any atom is 0.252 e. The van der Waals surface area contributed by atoms with Gasteiger partial charge >= 0.3 is 0 Å². The van der Waals surface area contributed by atoms with Crippen molar-refractivity contribution in [1.82, 2.24) is 15.1 Å². The summed E-state index contributed by atoms with van der Waals surface area (Å²) in [5.74, 6) is -0.0754. The van der Waals surface area contributed by atoms with E-state index in [0.29, 0.717) is 18.7 Å². The van der Waals surface area contributed by atoms with Gasteiger partial charge in [0.2, 0.25) is 0 Å². The van der Waals surface area contributed by atoms with Crippen molar-refractivity contribution in [3.05, 3.63) is 107 Å². The number of carbonyl (C=O) groups is 1. The smallest absolute Gasteiger partial charge is 0.252 e. The lowest BCUT2D eigenvalue weighted by Gasteiger charge is -2.11. The van der Waals surface area contributed by atoms with Crippen molar-refractivity contribution < 1.29 is 4.79 Å². The second kappa shape index (κ2) is 8.57. The van der Waals surface area contributed by atoms with Crippen LogP contribution in [0, 0.1) is 0 Å². The van der Waals surface area contributed by atoms with Gasteiger partial charge in [0.15, 0.2) is 0 Å². The third-order valence-corrected chi connectivity index (χ3v) is 4.88. The van der Waals surface area contributed by atoms with Gasteiger partial charge in [0, 0.05) is 24.5 Å². The molecule has 0 aliphatic rings. The maximum atomic E-state index is 13.0. The molecular weight excluding hydrogens is 358 g/mol. The summed E-state index contributed by atoms with van der Waals surface area (Å²) in [6, 6.07) is 22.4. The topological polar surface area (TPSA) is 46.9 Å². The minimum atomic E-state index is -0.0754. The molecule has 0 saturated carbocycles. The van der Waals surface area contributed by atoms with Gasteiger partial charge in [-0.2, -0.15) is 5.10 Å². The van der Waals surface area contributed by atoms with Crippen LogP contribution in [0.5, 0.6) is 0 Å². The van der Waals surface area contributed by atoms with Gasteiger partial charge in [-0.15, -0.1) is 0 Å². The van der Waals surface area contributed by atoms with Crippen molar-refractivity contribution in [2.24, 2.45) is 0 Å². The van der Waals surface area contributed by atoms with Gasteiger partial charge in [0.05, 0.1) is 6.54 Å². The molecule has 0 unspecified atom stereocenters. The van der Waals surface area contributed by atoms with Gasteiger partial charge in [0.25, 0.3) is 5.91 Å². The number of fused-ring (bicyclic) bond motifs is 1. The highest BCUT2D eigenvalue weighted by molar-refractivity contribution is 5.98. The lowest BCUT2D eigenvalue weighted by Crippen LogP contribution is -2.24. The van der Waals surface area contributed by atoms with E-state index in [-0.39, 0.29) is 5.91 Å². The van der Waals surface area contributed by atoms with Gasteiger partial charge in [0.1, 0.15) is 0 Å². The predicted molar refractivity (Wildman–Crippen MR) is 118 cm³/mol. The number of aromatic nitrogens is 2. The van der Waals surface area contributed by atoms with E-state index in [0.717, 1.165) is 16.7 Å². The van der Waals surface area contributed by atoms with E-state index in [1.54, 1.807) is 6.20 Å². The first-order chi connectivity index (χ1) is 14.2. The molecule has 0 aliphatic carbocycles. The van der Waals surface area contributed by atoms with E-state index < -0.39 is 0 Å². The predicted octanol–water partition coefficient (Wildman–Crippen LogP) is 5.05. The second-order valence-corrected chi connectivity index (χ2v) is 6.99. The number of amides is 1. The van der Waals surface area contributed by atoms with Crippen LogP contribution in [0.4, 0.5) is 0 Å². The number of benzene rings is 3. The number of carbonyl (C=O) groups excluding carboxylic acids is 1. The number of rotatable bonds is 6. The van der Waals surface area contributed by atoms with Gasteiger partial charge in [-0.25, -0.2) is 0 Å². The summed E-state index contributed by atoms with van der Waals surface area (Å²) in [5, 5.41) is 9.69. The molecule has 1 amide bonds. The summed E-state index contributed by atoms with van der Waals surface area (Å²) in [5.41, 5.74) is 3.71. The molecule has 0 saturated heterocycles. The molecule has 1 aromatic heterocycles. The van der Waals surface area contributed by atoms with E-state index in [9.17, 15) is 4.79 Å². The molecule has 0 atom stereocenters. The van der Waals surface area contributed by atoms with E-state index in [4.69, 9.17) is 0 Å². The Balaban J connectivity index is 1.53. The summed E-state index contributed by atoms with van der Waals surface area (Å²) in [6.07, 6.45) is 7.58. The number of allylic oxidation sites excluding steroid dienone is 1. The molecule has 0 bridgehead atoms. The van der Waals surface area contributed by atoms with Gasteiger partial charge in [-0.3, -0.25) is 9.48 Å². The van der Waals surface area contributed by atoms with E-state index in [1.165, 1.54) is 10.8 Å². The monoisotopic (exact) mass is 381 g/mol. The van der Waals surface area contributed by atoms with E-state index in [1.807, 2.05) is 66.4 Å². The van der Waals surface area contributed by atoms with Crippen molar-refractivity contribution in [1.29, 1.82) is 0 Å². The molecule has 29 heavy (non-hydrogen) atoms. The molecule has 4 nitrogen and oxygen atoms in total. The van der Waals surface area contributed by atoms with Crippen molar-refractivity contribution in [3.63, 3.8) is 0 Å². The first-order valence-electron chi connectivity index (χ1n) is 9.72. The van der Waals surface area contributed by atoms with Crippen LogP contribution in [-0.2, 0) is 13.1 Å². The lowest BCUT2D eigenvalue weighted by molar-refractivity contribution is 0.0950. The molecule has 0 spiro atoms. The van der Waals surface area contributed by atoms with Crippen molar-refractivity contribution in [2.75, 3.05) is 0 Å². The summed E-state index contributed by atoms with van der Waals surface area (Å²) < 4.78 is 1.85. The Morgan fingerprint density at radius 1 is 1.00 bits per heavy atom. The second-order valence-electron chi connectivity index (χ2n) is 6.99. The number of hydrogen-bond acceptors (Lipinski definition) is 2. The van der Waals surface area contributed by atoms with Crippen molar-refractivity contribution >= 4 is 22.8 Å². The molecule has 4 rings (SSSR count). The molecule has 144 valence electrons. The Morgan fingerprint density at radius 2 is 1.83 bits per heavy atom. The quantitative estimate of drug-likeness (QED) is 0.508. The summed E-state index contributed by atoms with van der Waals surface area (Å²) in [6.45, 7) is 3.07. The molecular formula is C25H23N3O. The fraction of sp³-hybridized carbons (Fsp3) is 0.120. The Labute approximate surface area is 170 Å². The van der Waals surface area contributed by atoms with Gasteiger partial charge in [-0.1, -0.05) is 60.7 Å². The summed E-state index contributed by atoms with van der Waals surface area (Å²) >= 11 is 0. The van der Waals surface area contributed by atoms with Crippen LogP contribution in [0.25, 0.3) is 16.8 Å². The van der Waals surface area contributed by atoms with Gasteiger partial charge < -0.3 is 5.32 Å². The standard InChI is InChI=1S/C25H23N3O/c1-2-6-22-12-10-20(18-28-14-5-13-27-28)16-24(22)25(29)26-17-19-9-11-21-7-3-4-8-23(21)15-19/h2-16H,17-18H2,1H3,(H,26,29)/b6-2+. The highest BCUT2D eigenvalue weighted by Crippen LogP contribution is 2.17. The van der Waals surface area contributed by atoms with Crippen LogP contribution in [0.2, 0.25) is 0 Å². The normalized spacial score (nSPS) is 11.2. The minimum absolute atomic E-state index is 0.0754. The third-order valence-electron chi connectivity index (χ3n) is 4.88. The lowest BCUT2D eigenvalue weighted by atomic mass is 10.0. The molecule has 0 fully saturated rings. The molecule has 0 radical (unpaired) electrons. The van der Waals surface area contributed by atoms with Crippen LogP contribution in [-0.4, -0.2) is 15.7 Å². The van der Waals surface area contributed by atoms with Gasteiger partial charge in [-0.05, 0) is 52.6 Å². The van der Waals surface area contributed by atoms with Crippen LogP contribution in [0.1, 0.15) is 34.0 Å². The Morgan fingerprint density at radius 3 is 2.62 bits per heavy atom. The molecule has 3 aromatic carbocycles. The Bertz CT molecular complexity index is 1160. The van der Waals surface area contributed by atoms with Crippen molar-refractivity contribution in [2.45, 2.75) is 20.0 Å². The zero-order valence-electron chi connectivity index (χ0n) is 16.4. The van der Waals surface area contributed by atoms with Crippen LogP contribution in [0.15, 0.2) is 85.2 Å². The van der Waals surface area contributed by atoms with Crippen LogP contribution in [0.3, 0.4) is 0 Å². The average Bonchev–Trinajstić information content (AvgIpc) is 3.26. The molecule has 4 heteroatoms. The molecule has 1 N–H and O–H groups in total. The molecule has 0 aliphatic heterocycles. The number of nitrogens with zero attached hydrogens (tertiary/aromatic N) is 2. The van der Waals surface area contributed by atoms with Crippen LogP contribution < -0.4 is 5.32 Å². The highest BCUT2D eigenvalue weighted by atomic mass is 16.1. The molecule has 4 aromatic rings. The third kappa shape index (κ3) is 4.43. The van der Waals surface area contributed by atoms with E-state index >= 15 is 0 Å². The SMILES string of the molecule is C/C=C/c1ccc(Cn2cccn2)cc1C(=O)NCc1ccc2ccccc2c1. The first kappa shape index (κ1) is 18.7. The Kier molecular flexibility index (Phi) is 5.52. The first-order valence-corrected chi connectivity index (χ1v) is 9.72. The number of nitrogens with one attached hydrogen (secondary N) is 1. The van der Waals surface area contributed by atoms with E-state index in [2.05, 4.69) is 40.7 Å². The van der Waals surface area contributed by atoms with Crippen molar-refractivity contribution in [3.8, 4) is 0 Å².